The Morgan fingerprint density at radius 3 is 2.29 bits per heavy atom. The average Bonchev–Trinajstić information content (AvgIpc) is 2.66. The zero-order chi connectivity index (χ0) is 19.9. The van der Waals surface area contributed by atoms with Crippen LogP contribution in [0.2, 0.25) is 0 Å². The minimum Gasteiger partial charge on any atom is -0.466 e. The van der Waals surface area contributed by atoms with Crippen molar-refractivity contribution in [3.05, 3.63) is 0 Å². The van der Waals surface area contributed by atoms with E-state index in [-0.39, 0.29) is 29.9 Å². The molecule has 2 amide bonds. The highest BCUT2D eigenvalue weighted by Gasteiger charge is 2.53. The Hall–Kier alpha value is -1.59. The standard InChI is InChI=1S/C22H34N2O4/c1-3-28-21(27)18-5-4-6-24(13-18)20(26)19(25)23-14(2)22-10-15-7-16(11-22)9-17(8-15)12-22/h14-18H,3-13H2,1-2H3,(H,23,25). The molecule has 6 nitrogen and oxygen atoms in total. The van der Waals surface area contributed by atoms with E-state index in [2.05, 4.69) is 12.2 Å². The van der Waals surface area contributed by atoms with Crippen molar-refractivity contribution in [3.63, 3.8) is 0 Å². The molecule has 4 saturated carbocycles. The highest BCUT2D eigenvalue weighted by atomic mass is 16.5. The molecule has 1 saturated heterocycles. The molecule has 0 aromatic rings. The fourth-order valence-corrected chi connectivity index (χ4v) is 6.88. The molecular weight excluding hydrogens is 356 g/mol. The summed E-state index contributed by atoms with van der Waals surface area (Å²) in [5.41, 5.74) is 0.181. The number of carbonyl (C=O) groups is 3. The number of esters is 1. The van der Waals surface area contributed by atoms with Crippen LogP contribution in [0.25, 0.3) is 0 Å². The van der Waals surface area contributed by atoms with E-state index >= 15 is 0 Å². The normalized spacial score (nSPS) is 37.4. The minimum absolute atomic E-state index is 0.0306. The maximum atomic E-state index is 12.7. The van der Waals surface area contributed by atoms with E-state index in [1.54, 1.807) is 6.92 Å². The molecule has 5 aliphatic rings. The molecule has 0 spiro atoms. The van der Waals surface area contributed by atoms with Gasteiger partial charge in [-0.05, 0) is 88.4 Å². The van der Waals surface area contributed by atoms with Gasteiger partial charge >= 0.3 is 17.8 Å². The molecule has 1 heterocycles. The third-order valence-corrected chi connectivity index (χ3v) is 7.87. The summed E-state index contributed by atoms with van der Waals surface area (Å²) in [6, 6.07) is 0.0306. The fraction of sp³-hybridized carbons (Fsp3) is 0.864. The van der Waals surface area contributed by atoms with E-state index in [9.17, 15) is 14.4 Å². The summed E-state index contributed by atoms with van der Waals surface area (Å²) in [7, 11) is 0. The van der Waals surface area contributed by atoms with Gasteiger partial charge in [-0.3, -0.25) is 14.4 Å². The Morgan fingerprint density at radius 1 is 1.11 bits per heavy atom. The van der Waals surface area contributed by atoms with Crippen molar-refractivity contribution in [1.29, 1.82) is 0 Å². The van der Waals surface area contributed by atoms with Crippen LogP contribution in [0, 0.1) is 29.1 Å². The number of likely N-dealkylation sites (tertiary alicyclic amines) is 1. The van der Waals surface area contributed by atoms with E-state index in [1.165, 1.54) is 43.4 Å². The summed E-state index contributed by atoms with van der Waals surface area (Å²) >= 11 is 0. The lowest BCUT2D eigenvalue weighted by molar-refractivity contribution is -0.154. The van der Waals surface area contributed by atoms with Crippen LogP contribution in [-0.4, -0.2) is 48.4 Å². The van der Waals surface area contributed by atoms with Gasteiger partial charge < -0.3 is 15.0 Å². The molecule has 1 N–H and O–H groups in total. The first kappa shape index (κ1) is 19.7. The predicted molar refractivity (Wildman–Crippen MR) is 104 cm³/mol. The van der Waals surface area contributed by atoms with E-state index in [4.69, 9.17) is 4.74 Å². The molecule has 0 radical (unpaired) electrons. The van der Waals surface area contributed by atoms with Crippen LogP contribution in [0.4, 0.5) is 0 Å². The van der Waals surface area contributed by atoms with Crippen molar-refractivity contribution in [3.8, 4) is 0 Å². The van der Waals surface area contributed by atoms with E-state index in [0.29, 0.717) is 19.6 Å². The van der Waals surface area contributed by atoms with Gasteiger partial charge in [-0.15, -0.1) is 0 Å². The molecule has 2 unspecified atom stereocenters. The van der Waals surface area contributed by atoms with Crippen molar-refractivity contribution in [2.45, 2.75) is 71.3 Å². The second-order valence-electron chi connectivity index (χ2n) is 9.82. The van der Waals surface area contributed by atoms with E-state index < -0.39 is 11.8 Å². The Bertz CT molecular complexity index is 611. The monoisotopic (exact) mass is 390 g/mol. The van der Waals surface area contributed by atoms with Crippen LogP contribution in [0.1, 0.15) is 65.2 Å². The van der Waals surface area contributed by atoms with E-state index in [1.807, 2.05) is 0 Å². The number of ether oxygens (including phenoxy) is 1. The first-order valence-corrected chi connectivity index (χ1v) is 11.2. The number of nitrogens with one attached hydrogen (secondary N) is 1. The summed E-state index contributed by atoms with van der Waals surface area (Å²) in [4.78, 5) is 39.0. The lowest BCUT2D eigenvalue weighted by atomic mass is 9.48. The van der Waals surface area contributed by atoms with Crippen molar-refractivity contribution >= 4 is 17.8 Å². The molecule has 1 aliphatic heterocycles. The summed E-state index contributed by atoms with van der Waals surface area (Å²) in [5, 5.41) is 3.06. The van der Waals surface area contributed by atoms with E-state index in [0.717, 1.165) is 24.2 Å². The van der Waals surface area contributed by atoms with Crippen LogP contribution in [-0.2, 0) is 19.1 Å². The van der Waals surface area contributed by atoms with Gasteiger partial charge in [0.1, 0.15) is 0 Å². The maximum absolute atomic E-state index is 12.7. The number of hydrogen-bond donors (Lipinski definition) is 1. The molecule has 0 aromatic carbocycles. The molecule has 4 aliphatic carbocycles. The van der Waals surface area contributed by atoms with Gasteiger partial charge in [-0.1, -0.05) is 0 Å². The molecule has 5 rings (SSSR count). The zero-order valence-electron chi connectivity index (χ0n) is 17.2. The van der Waals surface area contributed by atoms with Crippen LogP contribution in [0.15, 0.2) is 0 Å². The molecule has 156 valence electrons. The molecule has 5 fully saturated rings. The van der Waals surface area contributed by atoms with Gasteiger partial charge in [0, 0.05) is 19.1 Å². The highest BCUT2D eigenvalue weighted by molar-refractivity contribution is 6.35. The van der Waals surface area contributed by atoms with Crippen LogP contribution >= 0.6 is 0 Å². The van der Waals surface area contributed by atoms with Gasteiger partial charge in [0.25, 0.3) is 0 Å². The van der Waals surface area contributed by atoms with Gasteiger partial charge in [0.15, 0.2) is 0 Å². The van der Waals surface area contributed by atoms with Crippen LogP contribution < -0.4 is 5.32 Å². The topological polar surface area (TPSA) is 75.7 Å². The van der Waals surface area contributed by atoms with Crippen molar-refractivity contribution in [2.24, 2.45) is 29.1 Å². The lowest BCUT2D eigenvalue weighted by Crippen LogP contribution is -2.58. The summed E-state index contributed by atoms with van der Waals surface area (Å²) in [5.74, 6) is 0.864. The summed E-state index contributed by atoms with van der Waals surface area (Å²) in [6.45, 7) is 5.04. The third-order valence-electron chi connectivity index (χ3n) is 7.87. The van der Waals surface area contributed by atoms with Gasteiger partial charge in [0.05, 0.1) is 12.5 Å². The van der Waals surface area contributed by atoms with Gasteiger partial charge in [-0.25, -0.2) is 0 Å². The van der Waals surface area contributed by atoms with Crippen LogP contribution in [0.3, 0.4) is 0 Å². The molecular formula is C22H34N2O4. The summed E-state index contributed by atoms with van der Waals surface area (Å²) in [6.07, 6.45) is 9.13. The number of nitrogens with zero attached hydrogens (tertiary/aromatic N) is 1. The molecule has 28 heavy (non-hydrogen) atoms. The largest absolute Gasteiger partial charge is 0.466 e. The predicted octanol–water partition coefficient (Wildman–Crippen LogP) is 2.51. The SMILES string of the molecule is CCOC(=O)C1CCCN(C(=O)C(=O)NC(C)C23CC4CC(CC(C4)C2)C3)C1. The Morgan fingerprint density at radius 2 is 1.71 bits per heavy atom. The third kappa shape index (κ3) is 3.67. The minimum atomic E-state index is -0.507. The maximum Gasteiger partial charge on any atom is 0.311 e. The molecule has 6 heteroatoms. The van der Waals surface area contributed by atoms with Crippen molar-refractivity contribution < 1.29 is 19.1 Å². The Balaban J connectivity index is 1.35. The van der Waals surface area contributed by atoms with Crippen molar-refractivity contribution in [1.82, 2.24) is 10.2 Å². The number of amides is 2. The number of piperidine rings is 1. The summed E-state index contributed by atoms with van der Waals surface area (Å²) < 4.78 is 5.09. The number of carbonyl (C=O) groups excluding carboxylic acids is 3. The average molecular weight is 391 g/mol. The Kier molecular flexibility index (Phi) is 5.41. The lowest BCUT2D eigenvalue weighted by Gasteiger charge is -2.59. The van der Waals surface area contributed by atoms with Gasteiger partial charge in [0.2, 0.25) is 0 Å². The highest BCUT2D eigenvalue weighted by Crippen LogP contribution is 2.61. The first-order valence-electron chi connectivity index (χ1n) is 11.2. The second-order valence-corrected chi connectivity index (χ2v) is 9.82. The second kappa shape index (κ2) is 7.68. The first-order chi connectivity index (χ1) is 13.4. The fourth-order valence-electron chi connectivity index (χ4n) is 6.88. The van der Waals surface area contributed by atoms with Gasteiger partial charge in [-0.2, -0.15) is 0 Å². The smallest absolute Gasteiger partial charge is 0.311 e. The molecule has 2 atom stereocenters. The van der Waals surface area contributed by atoms with Crippen molar-refractivity contribution in [2.75, 3.05) is 19.7 Å². The quantitative estimate of drug-likeness (QED) is 0.591. The Labute approximate surface area is 167 Å². The number of rotatable bonds is 4. The van der Waals surface area contributed by atoms with Crippen LogP contribution in [0.5, 0.6) is 0 Å². The number of hydrogen-bond acceptors (Lipinski definition) is 4. The molecule has 0 aromatic heterocycles. The molecule has 4 bridgehead atoms. The zero-order valence-corrected chi connectivity index (χ0v) is 17.2.